The van der Waals surface area contributed by atoms with Crippen molar-refractivity contribution in [3.63, 3.8) is 0 Å². The van der Waals surface area contributed by atoms with Crippen LogP contribution in [0.3, 0.4) is 0 Å². The number of nitrogens with zero attached hydrogens (tertiary/aromatic N) is 3. The zero-order valence-corrected chi connectivity index (χ0v) is 16.7. The van der Waals surface area contributed by atoms with Crippen molar-refractivity contribution in [1.82, 2.24) is 14.7 Å². The van der Waals surface area contributed by atoms with E-state index >= 15 is 0 Å². The maximum atomic E-state index is 13.4. The molecule has 160 valence electrons. The van der Waals surface area contributed by atoms with E-state index in [9.17, 15) is 13.6 Å². The number of fused-ring (bicyclic) bond motifs is 1. The van der Waals surface area contributed by atoms with Gasteiger partial charge in [-0.1, -0.05) is 0 Å². The van der Waals surface area contributed by atoms with Crippen LogP contribution >= 0.6 is 0 Å². The van der Waals surface area contributed by atoms with Crippen molar-refractivity contribution < 1.29 is 18.3 Å². The molecule has 0 bridgehead atoms. The van der Waals surface area contributed by atoms with Gasteiger partial charge in [0.25, 0.3) is 0 Å². The molecule has 0 unspecified atom stereocenters. The Bertz CT molecular complexity index is 903. The molecule has 1 saturated heterocycles. The van der Waals surface area contributed by atoms with E-state index in [1.165, 1.54) is 18.9 Å². The van der Waals surface area contributed by atoms with Crippen LogP contribution < -0.4 is 5.32 Å². The van der Waals surface area contributed by atoms with Crippen LogP contribution in [0.2, 0.25) is 0 Å². The highest BCUT2D eigenvalue weighted by molar-refractivity contribution is 5.89. The lowest BCUT2D eigenvalue weighted by molar-refractivity contribution is -0.0371. The summed E-state index contributed by atoms with van der Waals surface area (Å²) < 4.78 is 34.9. The monoisotopic (exact) mass is 416 g/mol. The summed E-state index contributed by atoms with van der Waals surface area (Å²) in [6.45, 7) is 2.10. The summed E-state index contributed by atoms with van der Waals surface area (Å²) >= 11 is 0. The van der Waals surface area contributed by atoms with Gasteiger partial charge in [0.05, 0.1) is 12.1 Å². The minimum Gasteiger partial charge on any atom is -0.376 e. The lowest BCUT2D eigenvalue weighted by Crippen LogP contribution is -2.38. The third-order valence-corrected chi connectivity index (χ3v) is 6.65. The topological polar surface area (TPSA) is 59.4 Å². The second-order valence-corrected chi connectivity index (χ2v) is 8.82. The first-order chi connectivity index (χ1) is 14.6. The van der Waals surface area contributed by atoms with Crippen LogP contribution in [0.25, 0.3) is 0 Å². The Morgan fingerprint density at radius 1 is 1.17 bits per heavy atom. The number of nitrogens with one attached hydrogen (secondary N) is 1. The van der Waals surface area contributed by atoms with E-state index in [-0.39, 0.29) is 23.9 Å². The Hall–Kier alpha value is -2.48. The van der Waals surface area contributed by atoms with Gasteiger partial charge in [-0.05, 0) is 61.6 Å². The van der Waals surface area contributed by atoms with Crippen LogP contribution in [0.15, 0.2) is 36.7 Å². The minimum atomic E-state index is -0.972. The number of aromatic nitrogens is 2. The molecule has 0 radical (unpaired) electrons. The van der Waals surface area contributed by atoms with Crippen molar-refractivity contribution in [3.05, 3.63) is 48.3 Å². The summed E-state index contributed by atoms with van der Waals surface area (Å²) in [5.41, 5.74) is 0.258. The molecule has 2 heterocycles. The lowest BCUT2D eigenvalue weighted by atomic mass is 9.77. The Labute approximate surface area is 174 Å². The molecule has 4 atom stereocenters. The van der Waals surface area contributed by atoms with E-state index in [0.717, 1.165) is 31.6 Å². The number of hydrogen-bond donors (Lipinski definition) is 1. The molecular weight excluding hydrogens is 390 g/mol. The summed E-state index contributed by atoms with van der Waals surface area (Å²) in [5, 5.41) is 7.14. The highest BCUT2D eigenvalue weighted by Gasteiger charge is 2.45. The Kier molecular flexibility index (Phi) is 5.18. The van der Waals surface area contributed by atoms with Gasteiger partial charge in [-0.3, -0.25) is 4.68 Å². The summed E-state index contributed by atoms with van der Waals surface area (Å²) in [5.74, 6) is -0.460. The number of likely N-dealkylation sites (tertiary alicyclic amines) is 1. The van der Waals surface area contributed by atoms with Gasteiger partial charge in [-0.15, -0.1) is 0 Å². The van der Waals surface area contributed by atoms with Crippen molar-refractivity contribution >= 4 is 11.7 Å². The summed E-state index contributed by atoms with van der Waals surface area (Å²) in [4.78, 5) is 14.5. The van der Waals surface area contributed by atoms with Gasteiger partial charge in [0, 0.05) is 43.8 Å². The molecular formula is C22H26F2N4O2. The van der Waals surface area contributed by atoms with E-state index in [4.69, 9.17) is 4.74 Å². The second-order valence-electron chi connectivity index (χ2n) is 8.82. The maximum absolute atomic E-state index is 13.4. The molecule has 6 nitrogen and oxygen atoms in total. The predicted molar refractivity (Wildman–Crippen MR) is 107 cm³/mol. The molecule has 3 aliphatic rings. The molecule has 1 aromatic carbocycles. The van der Waals surface area contributed by atoms with Gasteiger partial charge in [0.1, 0.15) is 0 Å². The second kappa shape index (κ2) is 7.98. The lowest BCUT2D eigenvalue weighted by Gasteiger charge is -2.37. The zero-order chi connectivity index (χ0) is 20.7. The third-order valence-electron chi connectivity index (χ3n) is 6.65. The first-order valence-electron chi connectivity index (χ1n) is 10.7. The van der Waals surface area contributed by atoms with Crippen LogP contribution in [-0.4, -0.2) is 46.5 Å². The van der Waals surface area contributed by atoms with Crippen molar-refractivity contribution in [2.24, 2.45) is 17.8 Å². The number of rotatable bonds is 5. The molecule has 8 heteroatoms. The zero-order valence-electron chi connectivity index (χ0n) is 16.7. The smallest absolute Gasteiger partial charge is 0.321 e. The first-order valence-corrected chi connectivity index (χ1v) is 10.7. The van der Waals surface area contributed by atoms with Crippen molar-refractivity contribution in [2.75, 3.05) is 25.0 Å². The molecule has 30 heavy (non-hydrogen) atoms. The fourth-order valence-electron chi connectivity index (χ4n) is 4.81. The number of urea groups is 1. The molecule has 1 aliphatic heterocycles. The van der Waals surface area contributed by atoms with E-state index in [1.807, 2.05) is 16.9 Å². The molecule has 5 rings (SSSR count). The van der Waals surface area contributed by atoms with Gasteiger partial charge in [-0.25, -0.2) is 13.6 Å². The van der Waals surface area contributed by atoms with E-state index in [0.29, 0.717) is 30.8 Å². The third kappa shape index (κ3) is 4.05. The van der Waals surface area contributed by atoms with Gasteiger partial charge in [0.2, 0.25) is 0 Å². The average Bonchev–Trinajstić information content (AvgIpc) is 3.23. The standard InChI is InChI=1S/C22H26F2N4O2/c23-18-5-4-17(10-19(18)24)26-22(29)27-11-15-8-20(28-7-1-6-25-28)21(9-16(15)12-27)30-13-14-2-3-14/h1,4-7,10,14-16,20-21H,2-3,8-9,11-13H2,(H,26,29)/t15-,16+,20-,21-/m0/s1. The van der Waals surface area contributed by atoms with Crippen LogP contribution in [0.4, 0.5) is 19.3 Å². The average molecular weight is 416 g/mol. The van der Waals surface area contributed by atoms with Crippen LogP contribution in [0.1, 0.15) is 31.7 Å². The molecule has 2 aromatic rings. The van der Waals surface area contributed by atoms with Gasteiger partial charge >= 0.3 is 6.03 Å². The summed E-state index contributed by atoms with van der Waals surface area (Å²) in [6.07, 6.45) is 8.20. The Balaban J connectivity index is 1.25. The molecule has 2 aliphatic carbocycles. The van der Waals surface area contributed by atoms with E-state index in [1.54, 1.807) is 11.1 Å². The quantitative estimate of drug-likeness (QED) is 0.799. The number of ether oxygens (including phenoxy) is 1. The number of carbonyl (C=O) groups excluding carboxylic acids is 1. The van der Waals surface area contributed by atoms with Crippen molar-refractivity contribution in [2.45, 2.75) is 37.8 Å². The number of carbonyl (C=O) groups is 1. The highest BCUT2D eigenvalue weighted by atomic mass is 19.2. The number of hydrogen-bond acceptors (Lipinski definition) is 3. The van der Waals surface area contributed by atoms with Crippen molar-refractivity contribution in [3.8, 4) is 0 Å². The minimum absolute atomic E-state index is 0.0981. The Morgan fingerprint density at radius 3 is 2.67 bits per heavy atom. The van der Waals surface area contributed by atoms with Crippen molar-refractivity contribution in [1.29, 1.82) is 0 Å². The normalized spacial score (nSPS) is 28.4. The fraction of sp³-hybridized carbons (Fsp3) is 0.545. The predicted octanol–water partition coefficient (Wildman–Crippen LogP) is 4.07. The summed E-state index contributed by atoms with van der Waals surface area (Å²) in [6, 6.07) is 5.22. The largest absolute Gasteiger partial charge is 0.376 e. The van der Waals surface area contributed by atoms with Crippen LogP contribution in [0, 0.1) is 29.4 Å². The van der Waals surface area contributed by atoms with Gasteiger partial charge < -0.3 is 15.0 Å². The molecule has 3 fully saturated rings. The Morgan fingerprint density at radius 2 is 1.97 bits per heavy atom. The molecule has 1 aromatic heterocycles. The molecule has 2 amide bonds. The molecule has 0 spiro atoms. The number of halogens is 2. The SMILES string of the molecule is O=C(Nc1ccc(F)c(F)c1)N1C[C@H]2C[C@H](OCC3CC3)[C@@H](n3cccn3)C[C@H]2C1. The number of amides is 2. The highest BCUT2D eigenvalue weighted by Crippen LogP contribution is 2.43. The fourth-order valence-corrected chi connectivity index (χ4v) is 4.81. The van der Waals surface area contributed by atoms with Gasteiger partial charge in [0.15, 0.2) is 11.6 Å². The van der Waals surface area contributed by atoms with E-state index < -0.39 is 11.6 Å². The molecule has 2 saturated carbocycles. The summed E-state index contributed by atoms with van der Waals surface area (Å²) in [7, 11) is 0. The number of anilines is 1. The van der Waals surface area contributed by atoms with E-state index in [2.05, 4.69) is 10.4 Å². The van der Waals surface area contributed by atoms with Crippen LogP contribution in [-0.2, 0) is 4.74 Å². The number of benzene rings is 1. The maximum Gasteiger partial charge on any atom is 0.321 e. The first kappa shape index (κ1) is 19.5. The van der Waals surface area contributed by atoms with Gasteiger partial charge in [-0.2, -0.15) is 5.10 Å². The van der Waals surface area contributed by atoms with Crippen LogP contribution in [0.5, 0.6) is 0 Å². The molecule has 1 N–H and O–H groups in total.